The van der Waals surface area contributed by atoms with Gasteiger partial charge in [0.15, 0.2) is 0 Å². The summed E-state index contributed by atoms with van der Waals surface area (Å²) in [6.45, 7) is 2.97. The van der Waals surface area contributed by atoms with Crippen LogP contribution in [-0.4, -0.2) is 24.4 Å². The minimum Gasteiger partial charge on any atom is -0.353 e. The molecule has 4 nitrogen and oxygen atoms in total. The minimum atomic E-state index is 0.0981. The van der Waals surface area contributed by atoms with Crippen LogP contribution < -0.4 is 10.2 Å². The van der Waals surface area contributed by atoms with Crippen LogP contribution in [0.4, 0.5) is 5.69 Å². The summed E-state index contributed by atoms with van der Waals surface area (Å²) in [7, 11) is 0. The van der Waals surface area contributed by atoms with Gasteiger partial charge in [-0.2, -0.15) is 0 Å². The highest BCUT2D eigenvalue weighted by Gasteiger charge is 2.36. The lowest BCUT2D eigenvalue weighted by Gasteiger charge is -2.15. The Morgan fingerprint density at radius 2 is 2.10 bits per heavy atom. The van der Waals surface area contributed by atoms with E-state index in [2.05, 4.69) is 12.2 Å². The normalized spacial score (nSPS) is 24.2. The zero-order chi connectivity index (χ0) is 14.8. The molecule has 1 saturated heterocycles. The first kappa shape index (κ1) is 14.1. The molecule has 0 unspecified atom stereocenters. The summed E-state index contributed by atoms with van der Waals surface area (Å²) in [4.78, 5) is 25.4. The standard InChI is InChI=1S/C17H22N2O2/c1-2-13-11-15(13)18-16(20)10-12-5-7-14(8-6-12)19-9-3-4-17(19)21/h5-8,13,15H,2-4,9-11H2,1H3,(H,18,20)/t13-,15-/m0/s1. The van der Waals surface area contributed by atoms with Crippen molar-refractivity contribution >= 4 is 17.5 Å². The third-order valence-corrected chi connectivity index (χ3v) is 4.48. The number of amides is 2. The average Bonchev–Trinajstić information content (AvgIpc) is 3.09. The third kappa shape index (κ3) is 3.26. The van der Waals surface area contributed by atoms with Gasteiger partial charge >= 0.3 is 0 Å². The van der Waals surface area contributed by atoms with E-state index in [0.29, 0.717) is 24.8 Å². The summed E-state index contributed by atoms with van der Waals surface area (Å²) in [6.07, 6.45) is 4.26. The van der Waals surface area contributed by atoms with E-state index in [1.165, 1.54) is 0 Å². The molecule has 3 rings (SSSR count). The Balaban J connectivity index is 1.54. The van der Waals surface area contributed by atoms with Crippen LogP contribution in [0.25, 0.3) is 0 Å². The second-order valence-corrected chi connectivity index (χ2v) is 6.07. The molecule has 2 fully saturated rings. The number of hydrogen-bond donors (Lipinski definition) is 1. The van der Waals surface area contributed by atoms with Crippen molar-refractivity contribution in [2.75, 3.05) is 11.4 Å². The van der Waals surface area contributed by atoms with Gasteiger partial charge in [0, 0.05) is 24.7 Å². The maximum atomic E-state index is 11.9. The molecule has 1 aromatic carbocycles. The van der Waals surface area contributed by atoms with Crippen molar-refractivity contribution in [1.29, 1.82) is 0 Å². The molecular weight excluding hydrogens is 264 g/mol. The van der Waals surface area contributed by atoms with Gasteiger partial charge in [0.05, 0.1) is 6.42 Å². The summed E-state index contributed by atoms with van der Waals surface area (Å²) in [5.41, 5.74) is 1.94. The highest BCUT2D eigenvalue weighted by atomic mass is 16.2. The zero-order valence-corrected chi connectivity index (χ0v) is 12.5. The van der Waals surface area contributed by atoms with Crippen molar-refractivity contribution in [3.63, 3.8) is 0 Å². The van der Waals surface area contributed by atoms with Crippen LogP contribution in [0.2, 0.25) is 0 Å². The topological polar surface area (TPSA) is 49.4 Å². The van der Waals surface area contributed by atoms with E-state index >= 15 is 0 Å². The third-order valence-electron chi connectivity index (χ3n) is 4.48. The second kappa shape index (κ2) is 5.88. The Labute approximate surface area is 125 Å². The molecule has 2 aliphatic rings. The van der Waals surface area contributed by atoms with Crippen molar-refractivity contribution in [1.82, 2.24) is 5.32 Å². The first-order valence-electron chi connectivity index (χ1n) is 7.86. The molecule has 1 aromatic rings. The Morgan fingerprint density at radius 1 is 1.33 bits per heavy atom. The fourth-order valence-electron chi connectivity index (χ4n) is 3.03. The SMILES string of the molecule is CC[C@H]1C[C@@H]1NC(=O)Cc1ccc(N2CCCC2=O)cc1. The highest BCUT2D eigenvalue weighted by molar-refractivity contribution is 5.95. The molecule has 1 aliphatic heterocycles. The molecule has 1 aliphatic carbocycles. The first-order chi connectivity index (χ1) is 10.2. The number of hydrogen-bond acceptors (Lipinski definition) is 2. The van der Waals surface area contributed by atoms with Crippen LogP contribution in [0.15, 0.2) is 24.3 Å². The van der Waals surface area contributed by atoms with Crippen LogP contribution in [-0.2, 0) is 16.0 Å². The predicted octanol–water partition coefficient (Wildman–Crippen LogP) is 2.27. The molecule has 0 radical (unpaired) electrons. The number of rotatable bonds is 5. The lowest BCUT2D eigenvalue weighted by atomic mass is 10.1. The zero-order valence-electron chi connectivity index (χ0n) is 12.5. The fraction of sp³-hybridized carbons (Fsp3) is 0.529. The van der Waals surface area contributed by atoms with Crippen LogP contribution in [0.1, 0.15) is 38.2 Å². The van der Waals surface area contributed by atoms with Crippen LogP contribution in [0, 0.1) is 5.92 Å². The number of nitrogens with zero attached hydrogens (tertiary/aromatic N) is 1. The quantitative estimate of drug-likeness (QED) is 0.902. The van der Waals surface area contributed by atoms with E-state index in [1.54, 1.807) is 0 Å². The number of carbonyl (C=O) groups is 2. The van der Waals surface area contributed by atoms with Crippen LogP contribution in [0.5, 0.6) is 0 Å². The van der Waals surface area contributed by atoms with E-state index in [9.17, 15) is 9.59 Å². The molecule has 21 heavy (non-hydrogen) atoms. The molecule has 0 aromatic heterocycles. The van der Waals surface area contributed by atoms with E-state index in [1.807, 2.05) is 29.2 Å². The van der Waals surface area contributed by atoms with E-state index in [0.717, 1.165) is 37.1 Å². The molecular formula is C17H22N2O2. The van der Waals surface area contributed by atoms with Crippen LogP contribution in [0.3, 0.4) is 0 Å². The molecule has 2 atom stereocenters. The van der Waals surface area contributed by atoms with E-state index in [-0.39, 0.29) is 11.8 Å². The molecule has 1 saturated carbocycles. The molecule has 1 heterocycles. The Morgan fingerprint density at radius 3 is 2.67 bits per heavy atom. The lowest BCUT2D eigenvalue weighted by molar-refractivity contribution is -0.120. The lowest BCUT2D eigenvalue weighted by Crippen LogP contribution is -2.28. The van der Waals surface area contributed by atoms with E-state index in [4.69, 9.17) is 0 Å². The number of nitrogens with one attached hydrogen (secondary N) is 1. The van der Waals surface area contributed by atoms with Crippen molar-refractivity contribution in [2.24, 2.45) is 5.92 Å². The summed E-state index contributed by atoms with van der Waals surface area (Å²) >= 11 is 0. The van der Waals surface area contributed by atoms with Crippen LogP contribution >= 0.6 is 0 Å². The number of benzene rings is 1. The average molecular weight is 286 g/mol. The number of anilines is 1. The van der Waals surface area contributed by atoms with Crippen molar-refractivity contribution in [3.05, 3.63) is 29.8 Å². The number of carbonyl (C=O) groups excluding carboxylic acids is 2. The van der Waals surface area contributed by atoms with Gasteiger partial charge in [-0.3, -0.25) is 9.59 Å². The van der Waals surface area contributed by atoms with Gasteiger partial charge in [0.1, 0.15) is 0 Å². The largest absolute Gasteiger partial charge is 0.353 e. The van der Waals surface area contributed by atoms with Gasteiger partial charge < -0.3 is 10.2 Å². The molecule has 0 bridgehead atoms. The summed E-state index contributed by atoms with van der Waals surface area (Å²) in [5.74, 6) is 0.971. The van der Waals surface area contributed by atoms with Crippen molar-refractivity contribution < 1.29 is 9.59 Å². The minimum absolute atomic E-state index is 0.0981. The Bertz CT molecular complexity index is 538. The van der Waals surface area contributed by atoms with Gasteiger partial charge in [-0.15, -0.1) is 0 Å². The summed E-state index contributed by atoms with van der Waals surface area (Å²) in [6, 6.07) is 8.18. The van der Waals surface area contributed by atoms with Gasteiger partial charge in [-0.1, -0.05) is 25.5 Å². The second-order valence-electron chi connectivity index (χ2n) is 6.07. The molecule has 0 spiro atoms. The Kier molecular flexibility index (Phi) is 3.95. The molecule has 1 N–H and O–H groups in total. The summed E-state index contributed by atoms with van der Waals surface area (Å²) < 4.78 is 0. The molecule has 4 heteroatoms. The van der Waals surface area contributed by atoms with Crippen molar-refractivity contribution in [2.45, 2.75) is 45.1 Å². The van der Waals surface area contributed by atoms with Gasteiger partial charge in [-0.05, 0) is 36.5 Å². The fourth-order valence-corrected chi connectivity index (χ4v) is 3.03. The maximum Gasteiger partial charge on any atom is 0.227 e. The molecule has 112 valence electrons. The highest BCUT2D eigenvalue weighted by Crippen LogP contribution is 2.33. The van der Waals surface area contributed by atoms with E-state index < -0.39 is 0 Å². The van der Waals surface area contributed by atoms with Gasteiger partial charge in [-0.25, -0.2) is 0 Å². The predicted molar refractivity (Wildman–Crippen MR) is 82.1 cm³/mol. The maximum absolute atomic E-state index is 11.9. The first-order valence-corrected chi connectivity index (χ1v) is 7.86. The summed E-state index contributed by atoms with van der Waals surface area (Å²) in [5, 5.41) is 3.08. The van der Waals surface area contributed by atoms with Crippen molar-refractivity contribution in [3.8, 4) is 0 Å². The monoisotopic (exact) mass is 286 g/mol. The Hall–Kier alpha value is -1.84. The smallest absolute Gasteiger partial charge is 0.227 e. The van der Waals surface area contributed by atoms with Gasteiger partial charge in [0.25, 0.3) is 0 Å². The van der Waals surface area contributed by atoms with Gasteiger partial charge in [0.2, 0.25) is 11.8 Å². The molecule has 2 amide bonds.